The van der Waals surface area contributed by atoms with Crippen LogP contribution in [0.2, 0.25) is 0 Å². The van der Waals surface area contributed by atoms with Gasteiger partial charge in [-0.3, -0.25) is 19.6 Å². The maximum Gasteiger partial charge on any atom is 0.327 e. The zero-order valence-electron chi connectivity index (χ0n) is 8.69. The summed E-state index contributed by atoms with van der Waals surface area (Å²) in [7, 11) is 0. The second kappa shape index (κ2) is 4.48. The average Bonchev–Trinajstić information content (AvgIpc) is 2.28. The quantitative estimate of drug-likeness (QED) is 0.694. The summed E-state index contributed by atoms with van der Waals surface area (Å²) in [5.74, 6) is -0.334. The number of hydrogen-bond donors (Lipinski definition) is 3. The van der Waals surface area contributed by atoms with Crippen LogP contribution in [0.4, 0.5) is 5.82 Å². The van der Waals surface area contributed by atoms with Gasteiger partial charge in [0.1, 0.15) is 5.82 Å². The predicted octanol–water partition coefficient (Wildman–Crippen LogP) is 0.315. The lowest BCUT2D eigenvalue weighted by atomic mass is 10.2. The fraction of sp³-hybridized carbons (Fsp3) is 0. The number of nitrogens with one attached hydrogen (secondary N) is 3. The van der Waals surface area contributed by atoms with Gasteiger partial charge in [0.15, 0.2) is 0 Å². The highest BCUT2D eigenvalue weighted by molar-refractivity contribution is 6.03. The molecule has 0 aliphatic heterocycles. The molecule has 17 heavy (non-hydrogen) atoms. The number of rotatable bonds is 2. The van der Waals surface area contributed by atoms with E-state index in [4.69, 9.17) is 0 Å². The first-order valence-corrected chi connectivity index (χ1v) is 4.85. The van der Waals surface area contributed by atoms with Crippen LogP contribution in [-0.2, 0) is 0 Å². The molecule has 0 fully saturated rings. The van der Waals surface area contributed by atoms with Crippen molar-refractivity contribution in [2.45, 2.75) is 0 Å². The largest absolute Gasteiger partial charge is 0.327 e. The third-order valence-electron chi connectivity index (χ3n) is 2.04. The van der Waals surface area contributed by atoms with Gasteiger partial charge in [-0.25, -0.2) is 4.79 Å². The number of H-pyrrole nitrogens is 2. The first-order valence-electron chi connectivity index (χ1n) is 4.85. The summed E-state index contributed by atoms with van der Waals surface area (Å²) in [6, 6.07) is 9.57. The lowest BCUT2D eigenvalue weighted by molar-refractivity contribution is 0.102. The summed E-state index contributed by atoms with van der Waals surface area (Å²) < 4.78 is 0. The molecule has 0 aliphatic carbocycles. The molecule has 0 aliphatic rings. The molecule has 1 amide bonds. The fourth-order valence-corrected chi connectivity index (χ4v) is 1.32. The van der Waals surface area contributed by atoms with Crippen LogP contribution < -0.4 is 16.6 Å². The van der Waals surface area contributed by atoms with E-state index in [-0.39, 0.29) is 5.82 Å². The predicted molar refractivity (Wildman–Crippen MR) is 62.1 cm³/mol. The number of aromatic nitrogens is 2. The van der Waals surface area contributed by atoms with Crippen LogP contribution in [0, 0.1) is 0 Å². The Morgan fingerprint density at radius 2 is 1.76 bits per heavy atom. The molecule has 0 bridgehead atoms. The molecule has 2 aromatic rings. The number of anilines is 1. The summed E-state index contributed by atoms with van der Waals surface area (Å²) in [4.78, 5) is 38.0. The van der Waals surface area contributed by atoms with E-state index < -0.39 is 17.2 Å². The minimum Gasteiger partial charge on any atom is -0.308 e. The average molecular weight is 231 g/mol. The highest BCUT2D eigenvalue weighted by Gasteiger charge is 2.05. The third-order valence-corrected chi connectivity index (χ3v) is 2.04. The van der Waals surface area contributed by atoms with Crippen LogP contribution in [0.15, 0.2) is 46.0 Å². The Hall–Kier alpha value is -2.63. The molecule has 0 radical (unpaired) electrons. The van der Waals surface area contributed by atoms with Gasteiger partial charge in [-0.05, 0) is 12.1 Å². The zero-order chi connectivity index (χ0) is 12.3. The number of aromatic amines is 2. The lowest BCUT2D eigenvalue weighted by Gasteiger charge is -2.03. The molecule has 0 atom stereocenters. The van der Waals surface area contributed by atoms with E-state index in [0.29, 0.717) is 5.56 Å². The second-order valence-electron chi connectivity index (χ2n) is 3.32. The minimum absolute atomic E-state index is 0.0626. The molecular formula is C11H9N3O3. The molecular weight excluding hydrogens is 222 g/mol. The Labute approximate surface area is 95.3 Å². The van der Waals surface area contributed by atoms with Crippen molar-refractivity contribution < 1.29 is 4.79 Å². The Balaban J connectivity index is 2.25. The first kappa shape index (κ1) is 10.9. The molecule has 6 nitrogen and oxygen atoms in total. The van der Waals surface area contributed by atoms with Crippen LogP contribution in [0.5, 0.6) is 0 Å². The Bertz CT molecular complexity index is 615. The van der Waals surface area contributed by atoms with Crippen molar-refractivity contribution in [1.82, 2.24) is 9.97 Å². The number of hydrogen-bond acceptors (Lipinski definition) is 3. The van der Waals surface area contributed by atoms with Gasteiger partial charge in [0, 0.05) is 11.6 Å². The molecule has 3 N–H and O–H groups in total. The summed E-state index contributed by atoms with van der Waals surface area (Å²) in [6.07, 6.45) is 0. The topological polar surface area (TPSA) is 94.8 Å². The van der Waals surface area contributed by atoms with Gasteiger partial charge < -0.3 is 5.32 Å². The lowest BCUT2D eigenvalue weighted by Crippen LogP contribution is -2.24. The maximum absolute atomic E-state index is 11.7. The monoisotopic (exact) mass is 231 g/mol. The van der Waals surface area contributed by atoms with Crippen LogP contribution in [0.3, 0.4) is 0 Å². The van der Waals surface area contributed by atoms with E-state index in [0.717, 1.165) is 6.07 Å². The fourth-order valence-electron chi connectivity index (χ4n) is 1.32. The van der Waals surface area contributed by atoms with E-state index in [2.05, 4.69) is 10.3 Å². The number of amides is 1. The normalized spacial score (nSPS) is 9.88. The summed E-state index contributed by atoms with van der Waals surface area (Å²) in [6.45, 7) is 0. The van der Waals surface area contributed by atoms with Crippen molar-refractivity contribution in [1.29, 1.82) is 0 Å². The van der Waals surface area contributed by atoms with Gasteiger partial charge in [-0.1, -0.05) is 18.2 Å². The standard InChI is InChI=1S/C11H9N3O3/c15-9-6-8(13-11(17)14-9)12-10(16)7-4-2-1-3-5-7/h1-6H,(H3,12,13,14,15,16,17). The molecule has 0 saturated carbocycles. The molecule has 6 heteroatoms. The van der Waals surface area contributed by atoms with Crippen molar-refractivity contribution in [3.05, 3.63) is 62.8 Å². The van der Waals surface area contributed by atoms with Crippen molar-refractivity contribution in [3.8, 4) is 0 Å². The van der Waals surface area contributed by atoms with Gasteiger partial charge >= 0.3 is 5.69 Å². The van der Waals surface area contributed by atoms with E-state index in [1.54, 1.807) is 30.3 Å². The molecule has 1 aromatic heterocycles. The van der Waals surface area contributed by atoms with Crippen molar-refractivity contribution >= 4 is 11.7 Å². The number of carbonyl (C=O) groups is 1. The van der Waals surface area contributed by atoms with Gasteiger partial charge in [0.2, 0.25) is 0 Å². The SMILES string of the molecule is O=C(Nc1cc(=O)[nH]c(=O)[nH]1)c1ccccc1. The number of carbonyl (C=O) groups excluding carboxylic acids is 1. The van der Waals surface area contributed by atoms with Crippen LogP contribution in [-0.4, -0.2) is 15.9 Å². The zero-order valence-corrected chi connectivity index (χ0v) is 8.69. The Morgan fingerprint density at radius 3 is 2.41 bits per heavy atom. The van der Waals surface area contributed by atoms with E-state index >= 15 is 0 Å². The van der Waals surface area contributed by atoms with Crippen LogP contribution in [0.1, 0.15) is 10.4 Å². The van der Waals surface area contributed by atoms with Crippen LogP contribution in [0.25, 0.3) is 0 Å². The van der Waals surface area contributed by atoms with Gasteiger partial charge in [-0.2, -0.15) is 0 Å². The van der Waals surface area contributed by atoms with Crippen molar-refractivity contribution in [2.24, 2.45) is 0 Å². The van der Waals surface area contributed by atoms with E-state index in [9.17, 15) is 14.4 Å². The van der Waals surface area contributed by atoms with Gasteiger partial charge in [0.25, 0.3) is 11.5 Å². The van der Waals surface area contributed by atoms with Crippen molar-refractivity contribution in [2.75, 3.05) is 5.32 Å². The molecule has 0 saturated heterocycles. The van der Waals surface area contributed by atoms with Gasteiger partial charge in [-0.15, -0.1) is 0 Å². The Kier molecular flexibility index (Phi) is 2.87. The smallest absolute Gasteiger partial charge is 0.308 e. The molecule has 1 heterocycles. The van der Waals surface area contributed by atoms with Crippen LogP contribution >= 0.6 is 0 Å². The summed E-state index contributed by atoms with van der Waals surface area (Å²) in [5, 5.41) is 2.43. The first-order chi connectivity index (χ1) is 8.15. The second-order valence-corrected chi connectivity index (χ2v) is 3.32. The van der Waals surface area contributed by atoms with Crippen molar-refractivity contribution in [3.63, 3.8) is 0 Å². The highest BCUT2D eigenvalue weighted by Crippen LogP contribution is 2.02. The Morgan fingerprint density at radius 1 is 1.06 bits per heavy atom. The molecule has 0 spiro atoms. The third kappa shape index (κ3) is 2.69. The maximum atomic E-state index is 11.7. The summed E-state index contributed by atoms with van der Waals surface area (Å²) >= 11 is 0. The molecule has 1 aromatic carbocycles. The number of benzene rings is 1. The van der Waals surface area contributed by atoms with E-state index in [1.165, 1.54) is 0 Å². The highest BCUT2D eigenvalue weighted by atomic mass is 16.2. The van der Waals surface area contributed by atoms with Gasteiger partial charge in [0.05, 0.1) is 0 Å². The molecule has 2 rings (SSSR count). The minimum atomic E-state index is -0.666. The molecule has 86 valence electrons. The summed E-state index contributed by atoms with van der Waals surface area (Å²) in [5.41, 5.74) is -0.799. The van der Waals surface area contributed by atoms with E-state index in [1.807, 2.05) is 4.98 Å². The molecule has 0 unspecified atom stereocenters.